The molecule has 0 aliphatic rings. The Hall–Kier alpha value is -3.16. The molecule has 0 atom stereocenters. The minimum absolute atomic E-state index is 0.130. The van der Waals surface area contributed by atoms with Gasteiger partial charge in [-0.05, 0) is 48.2 Å². The molecule has 4 amide bonds. The van der Waals surface area contributed by atoms with Gasteiger partial charge in [-0.15, -0.1) is 0 Å². The smallest absolute Gasteiger partial charge is 0.315 e. The van der Waals surface area contributed by atoms with Crippen LogP contribution >= 0.6 is 0 Å². The number of carbonyl (C=O) groups excluding carboxylic acids is 2. The summed E-state index contributed by atoms with van der Waals surface area (Å²) in [5.74, 6) is 0. The van der Waals surface area contributed by atoms with Gasteiger partial charge in [-0.3, -0.25) is 9.97 Å². The molecule has 8 heteroatoms. The van der Waals surface area contributed by atoms with E-state index >= 15 is 0 Å². The number of nitrogens with one attached hydrogen (secondary N) is 4. The molecule has 0 radical (unpaired) electrons. The molecule has 8 nitrogen and oxygen atoms in total. The van der Waals surface area contributed by atoms with Gasteiger partial charge in [0.1, 0.15) is 0 Å². The van der Waals surface area contributed by atoms with Crippen LogP contribution in [0.1, 0.15) is 56.1 Å². The lowest BCUT2D eigenvalue weighted by atomic mass is 10.1. The van der Waals surface area contributed by atoms with E-state index in [1.165, 1.54) is 19.3 Å². The lowest BCUT2D eigenvalue weighted by Crippen LogP contribution is -2.35. The number of urea groups is 2. The maximum absolute atomic E-state index is 11.7. The van der Waals surface area contributed by atoms with Crippen molar-refractivity contribution < 1.29 is 9.59 Å². The molecule has 2 aromatic heterocycles. The van der Waals surface area contributed by atoms with Crippen LogP contribution in [-0.4, -0.2) is 35.1 Å². The molecular weight excluding hydrogens is 392 g/mol. The Morgan fingerprint density at radius 2 is 0.903 bits per heavy atom. The minimum atomic E-state index is -0.130. The largest absolute Gasteiger partial charge is 0.338 e. The van der Waals surface area contributed by atoms with Crippen molar-refractivity contribution in [3.8, 4) is 0 Å². The molecule has 0 aliphatic heterocycles. The molecule has 0 bridgehead atoms. The molecule has 0 unspecified atom stereocenters. The molecule has 0 aromatic carbocycles. The van der Waals surface area contributed by atoms with E-state index in [0.717, 1.165) is 36.8 Å². The van der Waals surface area contributed by atoms with E-state index in [-0.39, 0.29) is 12.1 Å². The summed E-state index contributed by atoms with van der Waals surface area (Å²) in [4.78, 5) is 31.4. The van der Waals surface area contributed by atoms with Crippen molar-refractivity contribution in [2.45, 2.75) is 58.0 Å². The van der Waals surface area contributed by atoms with Crippen LogP contribution in [0, 0.1) is 0 Å². The molecule has 0 saturated carbocycles. The van der Waals surface area contributed by atoms with E-state index in [1.807, 2.05) is 24.3 Å². The second kappa shape index (κ2) is 15.6. The van der Waals surface area contributed by atoms with Crippen molar-refractivity contribution >= 4 is 12.1 Å². The molecule has 4 N–H and O–H groups in total. The monoisotopic (exact) mass is 426 g/mol. The summed E-state index contributed by atoms with van der Waals surface area (Å²) < 4.78 is 0. The summed E-state index contributed by atoms with van der Waals surface area (Å²) >= 11 is 0. The van der Waals surface area contributed by atoms with Gasteiger partial charge in [0.15, 0.2) is 0 Å². The topological polar surface area (TPSA) is 108 Å². The molecule has 2 aromatic rings. The number of carbonyl (C=O) groups is 2. The second-order valence-corrected chi connectivity index (χ2v) is 7.40. The fourth-order valence-corrected chi connectivity index (χ4v) is 3.03. The van der Waals surface area contributed by atoms with Crippen molar-refractivity contribution in [3.05, 3.63) is 60.2 Å². The van der Waals surface area contributed by atoms with Gasteiger partial charge >= 0.3 is 12.1 Å². The van der Waals surface area contributed by atoms with Gasteiger partial charge in [-0.1, -0.05) is 32.1 Å². The van der Waals surface area contributed by atoms with E-state index < -0.39 is 0 Å². The van der Waals surface area contributed by atoms with Crippen molar-refractivity contribution in [2.24, 2.45) is 0 Å². The predicted molar refractivity (Wildman–Crippen MR) is 121 cm³/mol. The second-order valence-electron chi connectivity index (χ2n) is 7.40. The van der Waals surface area contributed by atoms with Crippen molar-refractivity contribution in [1.29, 1.82) is 0 Å². The lowest BCUT2D eigenvalue weighted by molar-refractivity contribution is 0.239. The molecule has 0 spiro atoms. The maximum atomic E-state index is 11.7. The number of unbranched alkanes of at least 4 members (excludes halogenated alkanes) is 6. The van der Waals surface area contributed by atoms with Crippen LogP contribution in [0.15, 0.2) is 49.1 Å². The Morgan fingerprint density at radius 3 is 1.29 bits per heavy atom. The fraction of sp³-hybridized carbons (Fsp3) is 0.478. The number of hydrogen-bond acceptors (Lipinski definition) is 4. The molecule has 2 rings (SSSR count). The molecule has 168 valence electrons. The highest BCUT2D eigenvalue weighted by Crippen LogP contribution is 2.06. The number of rotatable bonds is 14. The normalized spacial score (nSPS) is 10.3. The van der Waals surface area contributed by atoms with Crippen molar-refractivity contribution in [3.63, 3.8) is 0 Å². The molecule has 0 aliphatic carbocycles. The van der Waals surface area contributed by atoms with Gasteiger partial charge in [-0.25, -0.2) is 9.59 Å². The first kappa shape index (κ1) is 24.1. The van der Waals surface area contributed by atoms with Crippen molar-refractivity contribution in [1.82, 2.24) is 31.2 Å². The summed E-state index contributed by atoms with van der Waals surface area (Å²) in [6.45, 7) is 2.41. The van der Waals surface area contributed by atoms with E-state index in [4.69, 9.17) is 0 Å². The van der Waals surface area contributed by atoms with E-state index in [9.17, 15) is 9.59 Å². The van der Waals surface area contributed by atoms with E-state index in [1.54, 1.807) is 24.8 Å². The van der Waals surface area contributed by atoms with Gasteiger partial charge < -0.3 is 21.3 Å². The van der Waals surface area contributed by atoms with Crippen LogP contribution in [0.2, 0.25) is 0 Å². The zero-order chi connectivity index (χ0) is 22.0. The Balaban J connectivity index is 1.32. The van der Waals surface area contributed by atoms with Crippen LogP contribution in [0.25, 0.3) is 0 Å². The number of nitrogens with zero attached hydrogens (tertiary/aromatic N) is 2. The first-order chi connectivity index (χ1) is 15.2. The Bertz CT molecular complexity index is 679. The SMILES string of the molecule is O=C(NCCCCCCCCCNC(=O)NCc1ccncc1)NCc1ccncc1. The van der Waals surface area contributed by atoms with Gasteiger partial charge in [0.2, 0.25) is 0 Å². The third-order valence-corrected chi connectivity index (χ3v) is 4.83. The molecule has 0 saturated heterocycles. The van der Waals surface area contributed by atoms with Gasteiger partial charge in [0.05, 0.1) is 0 Å². The Morgan fingerprint density at radius 1 is 0.548 bits per heavy atom. The zero-order valence-corrected chi connectivity index (χ0v) is 18.1. The van der Waals surface area contributed by atoms with E-state index in [0.29, 0.717) is 26.2 Å². The van der Waals surface area contributed by atoms with Crippen LogP contribution in [0.4, 0.5) is 9.59 Å². The third kappa shape index (κ3) is 12.2. The van der Waals surface area contributed by atoms with Crippen LogP contribution in [0.3, 0.4) is 0 Å². The zero-order valence-electron chi connectivity index (χ0n) is 18.1. The number of aromatic nitrogens is 2. The summed E-state index contributed by atoms with van der Waals surface area (Å²) in [7, 11) is 0. The number of amides is 4. The molecular formula is C23H34N6O2. The van der Waals surface area contributed by atoms with Gasteiger partial charge in [-0.2, -0.15) is 0 Å². The maximum Gasteiger partial charge on any atom is 0.315 e. The van der Waals surface area contributed by atoms with Crippen molar-refractivity contribution in [2.75, 3.05) is 13.1 Å². The average Bonchev–Trinajstić information content (AvgIpc) is 2.81. The number of hydrogen-bond donors (Lipinski definition) is 4. The highest BCUT2D eigenvalue weighted by Gasteiger charge is 2.01. The first-order valence-corrected chi connectivity index (χ1v) is 11.1. The molecule has 31 heavy (non-hydrogen) atoms. The predicted octanol–water partition coefficient (Wildman–Crippen LogP) is 3.51. The lowest BCUT2D eigenvalue weighted by Gasteiger charge is -2.08. The molecule has 0 fully saturated rings. The highest BCUT2D eigenvalue weighted by atomic mass is 16.2. The van der Waals surface area contributed by atoms with Crippen LogP contribution < -0.4 is 21.3 Å². The fourth-order valence-electron chi connectivity index (χ4n) is 3.03. The van der Waals surface area contributed by atoms with Crippen LogP contribution in [-0.2, 0) is 13.1 Å². The standard InChI is InChI=1S/C23H34N6O2/c30-22(28-18-20-8-14-24-15-9-20)26-12-6-4-2-1-3-5-7-13-27-23(31)29-19-21-10-16-25-17-11-21/h8-11,14-17H,1-7,12-13,18-19H2,(H2,26,28,30)(H2,27,29,31). The third-order valence-electron chi connectivity index (χ3n) is 4.83. The summed E-state index contributed by atoms with van der Waals surface area (Å²) in [6, 6.07) is 7.28. The summed E-state index contributed by atoms with van der Waals surface area (Å²) in [5, 5.41) is 11.5. The Labute approximate surface area is 184 Å². The summed E-state index contributed by atoms with van der Waals surface area (Å²) in [5.41, 5.74) is 2.07. The van der Waals surface area contributed by atoms with Gasteiger partial charge in [0, 0.05) is 51.0 Å². The van der Waals surface area contributed by atoms with Crippen LogP contribution in [0.5, 0.6) is 0 Å². The minimum Gasteiger partial charge on any atom is -0.338 e. The quantitative estimate of drug-likeness (QED) is 0.347. The van der Waals surface area contributed by atoms with Gasteiger partial charge in [0.25, 0.3) is 0 Å². The van der Waals surface area contributed by atoms with E-state index in [2.05, 4.69) is 31.2 Å². The summed E-state index contributed by atoms with van der Waals surface area (Å²) in [6.07, 6.45) is 14.6. The first-order valence-electron chi connectivity index (χ1n) is 11.1. The molecule has 2 heterocycles. The average molecular weight is 427 g/mol. The highest BCUT2D eigenvalue weighted by molar-refractivity contribution is 5.74. The number of pyridine rings is 2. The Kier molecular flexibility index (Phi) is 12.2.